The van der Waals surface area contributed by atoms with E-state index in [2.05, 4.69) is 10.6 Å². The molecule has 0 saturated heterocycles. The molecule has 6 nitrogen and oxygen atoms in total. The predicted molar refractivity (Wildman–Crippen MR) is 64.9 cm³/mol. The molecule has 0 spiro atoms. The van der Waals surface area contributed by atoms with Crippen LogP contribution >= 0.6 is 0 Å². The molecule has 1 atom stereocenters. The molecule has 0 radical (unpaired) electrons. The highest BCUT2D eigenvalue weighted by Crippen LogP contribution is 2.06. The molecule has 0 bridgehead atoms. The van der Waals surface area contributed by atoms with Crippen LogP contribution in [0.3, 0.4) is 0 Å². The molecule has 0 heterocycles. The summed E-state index contributed by atoms with van der Waals surface area (Å²) in [4.78, 5) is 33.3. The largest absolute Gasteiger partial charge is 0.481 e. The number of rotatable bonds is 5. The molecule has 96 valence electrons. The zero-order valence-electron chi connectivity index (χ0n) is 9.84. The molecule has 0 aliphatic carbocycles. The van der Waals surface area contributed by atoms with Gasteiger partial charge in [-0.2, -0.15) is 0 Å². The van der Waals surface area contributed by atoms with Crippen molar-refractivity contribution in [3.05, 3.63) is 30.3 Å². The third kappa shape index (κ3) is 4.65. The summed E-state index contributed by atoms with van der Waals surface area (Å²) in [5.41, 5.74) is 0.545. The first-order valence-electron chi connectivity index (χ1n) is 5.34. The fourth-order valence-corrected chi connectivity index (χ4v) is 1.38. The van der Waals surface area contributed by atoms with Crippen LogP contribution in [0.5, 0.6) is 0 Å². The summed E-state index contributed by atoms with van der Waals surface area (Å²) in [6.45, 7) is 1.23. The predicted octanol–water partition coefficient (Wildman–Crippen LogP) is 0.604. The Kier molecular flexibility index (Phi) is 4.86. The first-order valence-corrected chi connectivity index (χ1v) is 5.34. The Labute approximate surface area is 104 Å². The van der Waals surface area contributed by atoms with Gasteiger partial charge in [-0.25, -0.2) is 0 Å². The van der Waals surface area contributed by atoms with Crippen molar-refractivity contribution in [2.75, 3.05) is 5.32 Å². The Balaban J connectivity index is 2.69. The van der Waals surface area contributed by atoms with Gasteiger partial charge in [0.25, 0.3) is 0 Å². The minimum Gasteiger partial charge on any atom is -0.481 e. The SMILES string of the molecule is CC(=O)N[C@H](CC(=O)O)C(=O)Nc1ccccc1. The summed E-state index contributed by atoms with van der Waals surface area (Å²) in [5, 5.41) is 13.5. The summed E-state index contributed by atoms with van der Waals surface area (Å²) in [7, 11) is 0. The van der Waals surface area contributed by atoms with Crippen molar-refractivity contribution >= 4 is 23.5 Å². The van der Waals surface area contributed by atoms with E-state index in [0.29, 0.717) is 5.69 Å². The lowest BCUT2D eigenvalue weighted by Gasteiger charge is -2.15. The van der Waals surface area contributed by atoms with Crippen molar-refractivity contribution < 1.29 is 19.5 Å². The van der Waals surface area contributed by atoms with Gasteiger partial charge in [0.15, 0.2) is 0 Å². The molecule has 0 aliphatic rings. The second-order valence-corrected chi connectivity index (χ2v) is 3.71. The standard InChI is InChI=1S/C12H14N2O4/c1-8(15)13-10(7-11(16)17)12(18)14-9-5-3-2-4-6-9/h2-6,10H,7H2,1H3,(H,13,15)(H,14,18)(H,16,17)/t10-/m1/s1. The maximum Gasteiger partial charge on any atom is 0.305 e. The lowest BCUT2D eigenvalue weighted by atomic mass is 10.2. The molecule has 1 aromatic rings. The number of carbonyl (C=O) groups is 3. The number of amides is 2. The molecule has 1 rings (SSSR count). The van der Waals surface area contributed by atoms with E-state index in [1.54, 1.807) is 30.3 Å². The maximum absolute atomic E-state index is 11.8. The van der Waals surface area contributed by atoms with E-state index in [1.807, 2.05) is 0 Å². The van der Waals surface area contributed by atoms with Gasteiger partial charge in [-0.05, 0) is 12.1 Å². The molecule has 0 aliphatic heterocycles. The molecule has 1 aromatic carbocycles. The van der Waals surface area contributed by atoms with Crippen LogP contribution in [0.1, 0.15) is 13.3 Å². The number of hydrogen-bond donors (Lipinski definition) is 3. The highest BCUT2D eigenvalue weighted by Gasteiger charge is 2.22. The highest BCUT2D eigenvalue weighted by molar-refractivity contribution is 5.98. The van der Waals surface area contributed by atoms with Crippen LogP contribution in [0, 0.1) is 0 Å². The van der Waals surface area contributed by atoms with Gasteiger partial charge >= 0.3 is 5.97 Å². The summed E-state index contributed by atoms with van der Waals surface area (Å²) in [6, 6.07) is 7.52. The van der Waals surface area contributed by atoms with E-state index in [1.165, 1.54) is 6.92 Å². The van der Waals surface area contributed by atoms with Crippen LogP contribution in [0.25, 0.3) is 0 Å². The van der Waals surface area contributed by atoms with Gasteiger partial charge in [0.05, 0.1) is 6.42 Å². The van der Waals surface area contributed by atoms with Gasteiger partial charge < -0.3 is 15.7 Å². The van der Waals surface area contributed by atoms with Crippen molar-refractivity contribution in [3.8, 4) is 0 Å². The molecule has 2 amide bonds. The quantitative estimate of drug-likeness (QED) is 0.713. The number of aliphatic carboxylic acids is 1. The topological polar surface area (TPSA) is 95.5 Å². The maximum atomic E-state index is 11.8. The second-order valence-electron chi connectivity index (χ2n) is 3.71. The third-order valence-electron chi connectivity index (χ3n) is 2.11. The summed E-state index contributed by atoms with van der Waals surface area (Å²) < 4.78 is 0. The smallest absolute Gasteiger partial charge is 0.305 e. The summed E-state index contributed by atoms with van der Waals surface area (Å²) in [5.74, 6) is -2.17. The van der Waals surface area contributed by atoms with Gasteiger partial charge in [-0.1, -0.05) is 18.2 Å². The molecule has 18 heavy (non-hydrogen) atoms. The van der Waals surface area contributed by atoms with Gasteiger partial charge in [0.2, 0.25) is 11.8 Å². The monoisotopic (exact) mass is 250 g/mol. The van der Waals surface area contributed by atoms with Gasteiger partial charge in [-0.3, -0.25) is 14.4 Å². The van der Waals surface area contributed by atoms with Crippen LogP contribution < -0.4 is 10.6 Å². The van der Waals surface area contributed by atoms with Gasteiger partial charge in [-0.15, -0.1) is 0 Å². The lowest BCUT2D eigenvalue weighted by Crippen LogP contribution is -2.44. The molecule has 0 aromatic heterocycles. The second kappa shape index (κ2) is 6.39. The van der Waals surface area contributed by atoms with Crippen molar-refractivity contribution in [1.82, 2.24) is 5.32 Å². The number of anilines is 1. The first-order chi connectivity index (χ1) is 8.49. The lowest BCUT2D eigenvalue weighted by molar-refractivity contribution is -0.139. The van der Waals surface area contributed by atoms with Crippen LogP contribution in [0.15, 0.2) is 30.3 Å². The Morgan fingerprint density at radius 1 is 1.22 bits per heavy atom. The molecule has 3 N–H and O–H groups in total. The van der Waals surface area contributed by atoms with Crippen molar-refractivity contribution in [1.29, 1.82) is 0 Å². The molecule has 0 unspecified atom stereocenters. The van der Waals surface area contributed by atoms with Gasteiger partial charge in [0, 0.05) is 12.6 Å². The number of benzene rings is 1. The van der Waals surface area contributed by atoms with E-state index >= 15 is 0 Å². The average Bonchev–Trinajstić information content (AvgIpc) is 2.28. The molecular formula is C12H14N2O4. The highest BCUT2D eigenvalue weighted by atomic mass is 16.4. The van der Waals surface area contributed by atoms with E-state index in [0.717, 1.165) is 0 Å². The summed E-state index contributed by atoms with van der Waals surface area (Å²) in [6.07, 6.45) is -0.460. The normalized spacial score (nSPS) is 11.4. The van der Waals surface area contributed by atoms with Crippen molar-refractivity contribution in [3.63, 3.8) is 0 Å². The Morgan fingerprint density at radius 3 is 2.33 bits per heavy atom. The fraction of sp³-hybridized carbons (Fsp3) is 0.250. The summed E-state index contributed by atoms with van der Waals surface area (Å²) >= 11 is 0. The first kappa shape index (κ1) is 13.7. The molecular weight excluding hydrogens is 236 g/mol. The van der Waals surface area contributed by atoms with Crippen LogP contribution in [-0.4, -0.2) is 28.9 Å². The zero-order chi connectivity index (χ0) is 13.5. The van der Waals surface area contributed by atoms with E-state index in [-0.39, 0.29) is 0 Å². The Bertz CT molecular complexity index is 429. The number of nitrogens with one attached hydrogen (secondary N) is 2. The Hall–Kier alpha value is -2.37. The van der Waals surface area contributed by atoms with Gasteiger partial charge in [0.1, 0.15) is 6.04 Å². The minimum absolute atomic E-state index is 0.454. The number of carboxylic acid groups (broad SMARTS) is 1. The van der Waals surface area contributed by atoms with Crippen LogP contribution in [-0.2, 0) is 14.4 Å². The van der Waals surface area contributed by atoms with Crippen molar-refractivity contribution in [2.24, 2.45) is 0 Å². The number of para-hydroxylation sites is 1. The molecule has 6 heteroatoms. The van der Waals surface area contributed by atoms with Crippen LogP contribution in [0.2, 0.25) is 0 Å². The zero-order valence-corrected chi connectivity index (χ0v) is 9.84. The van der Waals surface area contributed by atoms with Crippen LogP contribution in [0.4, 0.5) is 5.69 Å². The fourth-order valence-electron chi connectivity index (χ4n) is 1.38. The number of carbonyl (C=O) groups excluding carboxylic acids is 2. The number of carboxylic acids is 1. The van der Waals surface area contributed by atoms with E-state index < -0.39 is 30.2 Å². The average molecular weight is 250 g/mol. The Morgan fingerprint density at radius 2 is 1.83 bits per heavy atom. The van der Waals surface area contributed by atoms with Crippen molar-refractivity contribution in [2.45, 2.75) is 19.4 Å². The van der Waals surface area contributed by atoms with E-state index in [9.17, 15) is 14.4 Å². The molecule has 0 saturated carbocycles. The third-order valence-corrected chi connectivity index (χ3v) is 2.11. The number of hydrogen-bond acceptors (Lipinski definition) is 3. The molecule has 0 fully saturated rings. The minimum atomic E-state index is -1.16. The van der Waals surface area contributed by atoms with E-state index in [4.69, 9.17) is 5.11 Å².